The Labute approximate surface area is 71.4 Å². The van der Waals surface area contributed by atoms with Gasteiger partial charge in [-0.3, -0.25) is 0 Å². The number of allylic oxidation sites excluding steroid dienone is 1. The highest BCUT2D eigenvalue weighted by Crippen LogP contribution is 1.86. The van der Waals surface area contributed by atoms with Gasteiger partial charge >= 0.3 is 0 Å². The Morgan fingerprint density at radius 1 is 1.36 bits per heavy atom. The van der Waals surface area contributed by atoms with Gasteiger partial charge in [0.05, 0.1) is 0 Å². The second-order valence-electron chi connectivity index (χ2n) is 1.42. The molecule has 0 atom stereocenters. The first-order chi connectivity index (χ1) is 5.41. The molecule has 0 saturated heterocycles. The van der Waals surface area contributed by atoms with Gasteiger partial charge < -0.3 is 10.5 Å². The maximum Gasteiger partial charge on any atom is 0.0465 e. The number of rotatable bonds is 4. The second-order valence-corrected chi connectivity index (χ2v) is 1.42. The lowest BCUT2D eigenvalue weighted by atomic mass is 10.3. The molecule has 0 amide bonds. The van der Waals surface area contributed by atoms with Gasteiger partial charge in [-0.15, -0.1) is 6.58 Å². The molecule has 0 aliphatic rings. The minimum atomic E-state index is 0.853. The largest absolute Gasteiger partial charge is 0.385 e. The molecular weight excluding hydrogens is 138 g/mol. The predicted octanol–water partition coefficient (Wildman–Crippen LogP) is 2.20. The average Bonchev–Trinajstić information content (AvgIpc) is 2.13. The van der Waals surface area contributed by atoms with Crippen LogP contribution in [0.2, 0.25) is 0 Å². The van der Waals surface area contributed by atoms with Crippen LogP contribution in [0.25, 0.3) is 0 Å². The van der Waals surface area contributed by atoms with Crippen molar-refractivity contribution in [3.63, 3.8) is 0 Å². The maximum atomic E-state index is 4.80. The van der Waals surface area contributed by atoms with Gasteiger partial charge in [-0.25, -0.2) is 0 Å². The molecule has 0 radical (unpaired) electrons. The number of unbranched alkanes of at least 4 members (excludes halogenated alkanes) is 1. The van der Waals surface area contributed by atoms with Crippen LogP contribution >= 0.6 is 0 Å². The number of hydrogen-bond donors (Lipinski definition) is 1. The number of hydrogen-bond acceptors (Lipinski definition) is 2. The first kappa shape index (κ1) is 17.0. The SMILES string of the molecule is C=CCCCOC.CC.CN. The summed E-state index contributed by atoms with van der Waals surface area (Å²) in [4.78, 5) is 0. The fourth-order valence-electron chi connectivity index (χ4n) is 0.372. The second kappa shape index (κ2) is 33.4. The summed E-state index contributed by atoms with van der Waals surface area (Å²) in [5.74, 6) is 0. The van der Waals surface area contributed by atoms with E-state index in [2.05, 4.69) is 12.3 Å². The Hall–Kier alpha value is -0.340. The molecule has 0 saturated carbocycles. The molecule has 11 heavy (non-hydrogen) atoms. The van der Waals surface area contributed by atoms with Crippen molar-refractivity contribution in [2.75, 3.05) is 20.8 Å². The first-order valence-electron chi connectivity index (χ1n) is 4.09. The molecule has 0 aromatic rings. The van der Waals surface area contributed by atoms with Crippen molar-refractivity contribution < 1.29 is 4.74 Å². The normalized spacial score (nSPS) is 6.64. The molecule has 0 unspecified atom stereocenters. The zero-order valence-corrected chi connectivity index (χ0v) is 8.39. The van der Waals surface area contributed by atoms with Crippen LogP contribution in [-0.2, 0) is 4.74 Å². The highest BCUT2D eigenvalue weighted by atomic mass is 16.5. The lowest BCUT2D eigenvalue weighted by molar-refractivity contribution is 0.196. The molecule has 0 bridgehead atoms. The molecule has 0 aliphatic carbocycles. The van der Waals surface area contributed by atoms with E-state index in [1.165, 1.54) is 7.05 Å². The zero-order valence-electron chi connectivity index (χ0n) is 8.39. The van der Waals surface area contributed by atoms with Gasteiger partial charge in [0, 0.05) is 13.7 Å². The summed E-state index contributed by atoms with van der Waals surface area (Å²) < 4.78 is 4.80. The number of ether oxygens (including phenoxy) is 1. The van der Waals surface area contributed by atoms with Crippen molar-refractivity contribution >= 4 is 0 Å². The van der Waals surface area contributed by atoms with Crippen molar-refractivity contribution in [2.45, 2.75) is 26.7 Å². The van der Waals surface area contributed by atoms with Crippen LogP contribution in [0.15, 0.2) is 12.7 Å². The quantitative estimate of drug-likeness (QED) is 0.507. The van der Waals surface area contributed by atoms with Gasteiger partial charge in [-0.05, 0) is 19.9 Å². The van der Waals surface area contributed by atoms with Crippen LogP contribution < -0.4 is 5.73 Å². The smallest absolute Gasteiger partial charge is 0.0465 e. The summed E-state index contributed by atoms with van der Waals surface area (Å²) >= 11 is 0. The lowest BCUT2D eigenvalue weighted by Gasteiger charge is -1.90. The van der Waals surface area contributed by atoms with E-state index in [9.17, 15) is 0 Å². The molecule has 0 spiro atoms. The average molecular weight is 161 g/mol. The molecule has 2 nitrogen and oxygen atoms in total. The van der Waals surface area contributed by atoms with E-state index in [0.29, 0.717) is 0 Å². The fourth-order valence-corrected chi connectivity index (χ4v) is 0.372. The molecule has 70 valence electrons. The third-order valence-electron chi connectivity index (χ3n) is 0.757. The van der Waals surface area contributed by atoms with Crippen molar-refractivity contribution in [2.24, 2.45) is 5.73 Å². The predicted molar refractivity (Wildman–Crippen MR) is 52.8 cm³/mol. The molecule has 0 aromatic heterocycles. The topological polar surface area (TPSA) is 35.2 Å². The molecule has 2 heteroatoms. The van der Waals surface area contributed by atoms with Gasteiger partial charge in [0.2, 0.25) is 0 Å². The highest BCUT2D eigenvalue weighted by molar-refractivity contribution is 4.64. The Bertz CT molecular complexity index is 46.8. The Balaban J connectivity index is -0.000000138. The zero-order chi connectivity index (χ0) is 9.54. The van der Waals surface area contributed by atoms with Gasteiger partial charge in [0.15, 0.2) is 0 Å². The van der Waals surface area contributed by atoms with Crippen molar-refractivity contribution in [3.8, 4) is 0 Å². The van der Waals surface area contributed by atoms with Crippen molar-refractivity contribution in [1.82, 2.24) is 0 Å². The third kappa shape index (κ3) is 42.3. The van der Waals surface area contributed by atoms with Gasteiger partial charge in [0.1, 0.15) is 0 Å². The minimum absolute atomic E-state index is 0.853. The molecule has 0 fully saturated rings. The number of nitrogens with two attached hydrogens (primary N) is 1. The molecule has 0 heterocycles. The van der Waals surface area contributed by atoms with E-state index in [0.717, 1.165) is 19.4 Å². The van der Waals surface area contributed by atoms with Crippen molar-refractivity contribution in [1.29, 1.82) is 0 Å². The monoisotopic (exact) mass is 161 g/mol. The molecule has 0 aromatic carbocycles. The summed E-state index contributed by atoms with van der Waals surface area (Å²) in [6, 6.07) is 0. The van der Waals surface area contributed by atoms with Crippen LogP contribution in [0.5, 0.6) is 0 Å². The van der Waals surface area contributed by atoms with Gasteiger partial charge in [-0.2, -0.15) is 0 Å². The summed E-state index contributed by atoms with van der Waals surface area (Å²) in [6.45, 7) is 8.43. The fraction of sp³-hybridized carbons (Fsp3) is 0.778. The lowest BCUT2D eigenvalue weighted by Crippen LogP contribution is -1.84. The molecule has 2 N–H and O–H groups in total. The van der Waals surface area contributed by atoms with E-state index in [1.54, 1.807) is 7.11 Å². The molecule has 0 rings (SSSR count). The highest BCUT2D eigenvalue weighted by Gasteiger charge is 1.76. The van der Waals surface area contributed by atoms with Crippen LogP contribution in [0.4, 0.5) is 0 Å². The third-order valence-corrected chi connectivity index (χ3v) is 0.757. The molecular formula is C9H23NO. The molecule has 0 aliphatic heterocycles. The van der Waals surface area contributed by atoms with Crippen LogP contribution in [0, 0.1) is 0 Å². The van der Waals surface area contributed by atoms with E-state index in [-0.39, 0.29) is 0 Å². The Morgan fingerprint density at radius 2 is 1.82 bits per heavy atom. The Morgan fingerprint density at radius 3 is 2.09 bits per heavy atom. The van der Waals surface area contributed by atoms with E-state index in [1.807, 2.05) is 19.9 Å². The first-order valence-corrected chi connectivity index (χ1v) is 4.09. The minimum Gasteiger partial charge on any atom is -0.385 e. The maximum absolute atomic E-state index is 4.80. The van der Waals surface area contributed by atoms with Crippen LogP contribution in [0.1, 0.15) is 26.7 Å². The van der Waals surface area contributed by atoms with E-state index < -0.39 is 0 Å². The van der Waals surface area contributed by atoms with Gasteiger partial charge in [0.25, 0.3) is 0 Å². The summed E-state index contributed by atoms with van der Waals surface area (Å²) in [7, 11) is 3.21. The van der Waals surface area contributed by atoms with E-state index >= 15 is 0 Å². The van der Waals surface area contributed by atoms with Crippen molar-refractivity contribution in [3.05, 3.63) is 12.7 Å². The van der Waals surface area contributed by atoms with Crippen LogP contribution in [0.3, 0.4) is 0 Å². The Kier molecular flexibility index (Phi) is 51.4. The summed E-state index contributed by atoms with van der Waals surface area (Å²) in [5.41, 5.74) is 4.50. The summed E-state index contributed by atoms with van der Waals surface area (Å²) in [6.07, 6.45) is 4.06. The number of methoxy groups -OCH3 is 1. The standard InChI is InChI=1S/C6H12O.C2H6.CH5N/c1-3-4-5-6-7-2;2*1-2/h3H,1,4-6H2,2H3;1-2H3;2H2,1H3. The van der Waals surface area contributed by atoms with Crippen LogP contribution in [-0.4, -0.2) is 20.8 Å². The van der Waals surface area contributed by atoms with E-state index in [4.69, 9.17) is 4.74 Å². The van der Waals surface area contributed by atoms with Gasteiger partial charge in [-0.1, -0.05) is 19.9 Å². The summed E-state index contributed by atoms with van der Waals surface area (Å²) in [5, 5.41) is 0.